The predicted octanol–water partition coefficient (Wildman–Crippen LogP) is 0.262. The highest BCUT2D eigenvalue weighted by molar-refractivity contribution is 6.18. The lowest BCUT2D eigenvalue weighted by molar-refractivity contribution is 0.240. The van der Waals surface area contributed by atoms with Gasteiger partial charge in [-0.25, -0.2) is 4.79 Å². The second kappa shape index (κ2) is 3.96. The average Bonchev–Trinajstić information content (AvgIpc) is 2.47. The van der Waals surface area contributed by atoms with Crippen LogP contribution in [0.15, 0.2) is 12.3 Å². The van der Waals surface area contributed by atoms with Gasteiger partial charge in [-0.15, -0.1) is 16.7 Å². The number of carbonyl (C=O) groups excluding carboxylic acids is 1. The van der Waals surface area contributed by atoms with Crippen molar-refractivity contribution in [2.75, 3.05) is 18.2 Å². The number of hydrogen-bond donors (Lipinski definition) is 2. The van der Waals surface area contributed by atoms with Gasteiger partial charge in [0.2, 0.25) is 0 Å². The van der Waals surface area contributed by atoms with Crippen LogP contribution in [0.2, 0.25) is 0 Å². The summed E-state index contributed by atoms with van der Waals surface area (Å²) < 4.78 is 1.13. The van der Waals surface area contributed by atoms with Crippen LogP contribution in [0.3, 0.4) is 0 Å². The van der Waals surface area contributed by atoms with Crippen LogP contribution in [0.5, 0.6) is 0 Å². The molecule has 0 saturated carbocycles. The van der Waals surface area contributed by atoms with E-state index in [0.29, 0.717) is 18.2 Å². The first-order chi connectivity index (χ1) is 5.74. The minimum absolute atomic E-state index is 0.316. The van der Waals surface area contributed by atoms with E-state index in [-0.39, 0.29) is 6.03 Å². The van der Waals surface area contributed by atoms with E-state index in [1.807, 2.05) is 0 Å². The topological polar surface area (TPSA) is 72.9 Å². The molecule has 1 aromatic rings. The highest BCUT2D eigenvalue weighted by Crippen LogP contribution is 1.94. The maximum atomic E-state index is 11.1. The monoisotopic (exact) mass is 188 g/mol. The molecule has 0 aromatic carbocycles. The quantitative estimate of drug-likeness (QED) is 0.654. The number of amides is 1. The van der Waals surface area contributed by atoms with E-state index < -0.39 is 0 Å². The Kier molecular flexibility index (Phi) is 2.93. The zero-order valence-corrected chi connectivity index (χ0v) is 7.08. The Labute approximate surface area is 74.5 Å². The molecule has 0 aliphatic heterocycles. The van der Waals surface area contributed by atoms with Crippen LogP contribution in [0.1, 0.15) is 0 Å². The normalized spacial score (nSPS) is 9.75. The second-order valence-corrected chi connectivity index (χ2v) is 2.48. The molecule has 0 saturated heterocycles. The Hall–Kier alpha value is -1.23. The van der Waals surface area contributed by atoms with Crippen molar-refractivity contribution in [3.05, 3.63) is 12.3 Å². The van der Waals surface area contributed by atoms with E-state index >= 15 is 0 Å². The van der Waals surface area contributed by atoms with Crippen LogP contribution in [0.4, 0.5) is 10.6 Å². The molecule has 0 aliphatic rings. The van der Waals surface area contributed by atoms with Gasteiger partial charge in [-0.05, 0) is 0 Å². The fraction of sp³-hybridized carbons (Fsp3) is 0.333. The van der Waals surface area contributed by atoms with Crippen molar-refractivity contribution in [1.82, 2.24) is 15.1 Å². The summed E-state index contributed by atoms with van der Waals surface area (Å²) in [5, 5.41) is 6.24. The van der Waals surface area contributed by atoms with Crippen LogP contribution in [-0.4, -0.2) is 28.2 Å². The molecule has 0 radical (unpaired) electrons. The molecule has 3 N–H and O–H groups in total. The SMILES string of the molecule is Nc1ccn(C(=O)NCCCl)n1. The molecule has 0 atom stereocenters. The molecule has 0 aliphatic carbocycles. The Morgan fingerprint density at radius 3 is 3.08 bits per heavy atom. The molecule has 0 bridgehead atoms. The molecular formula is C6H9ClN4O. The summed E-state index contributed by atoms with van der Waals surface area (Å²) in [6, 6.07) is 1.22. The summed E-state index contributed by atoms with van der Waals surface area (Å²) in [6.45, 7) is 0.417. The van der Waals surface area contributed by atoms with Crippen LogP contribution in [-0.2, 0) is 0 Å². The molecule has 0 unspecified atom stereocenters. The zero-order valence-electron chi connectivity index (χ0n) is 6.33. The summed E-state index contributed by atoms with van der Waals surface area (Å²) >= 11 is 5.37. The lowest BCUT2D eigenvalue weighted by Crippen LogP contribution is -2.30. The summed E-state index contributed by atoms with van der Waals surface area (Å²) in [7, 11) is 0. The Morgan fingerprint density at radius 2 is 2.58 bits per heavy atom. The molecule has 1 rings (SSSR count). The van der Waals surface area contributed by atoms with Crippen molar-refractivity contribution in [1.29, 1.82) is 0 Å². The smallest absolute Gasteiger partial charge is 0.342 e. The third kappa shape index (κ3) is 2.13. The molecule has 6 heteroatoms. The maximum Gasteiger partial charge on any atom is 0.342 e. The third-order valence-corrected chi connectivity index (χ3v) is 1.38. The summed E-state index contributed by atoms with van der Waals surface area (Å²) in [4.78, 5) is 11.1. The summed E-state index contributed by atoms with van der Waals surface area (Å²) in [5.41, 5.74) is 5.31. The van der Waals surface area contributed by atoms with Gasteiger partial charge in [-0.3, -0.25) is 0 Å². The number of rotatable bonds is 2. The van der Waals surface area contributed by atoms with Gasteiger partial charge in [0.05, 0.1) is 0 Å². The highest BCUT2D eigenvalue weighted by atomic mass is 35.5. The molecule has 0 spiro atoms. The van der Waals surface area contributed by atoms with Crippen molar-refractivity contribution in [2.45, 2.75) is 0 Å². The Morgan fingerprint density at radius 1 is 1.83 bits per heavy atom. The molecule has 0 fully saturated rings. The molecule has 1 aromatic heterocycles. The number of hydrogen-bond acceptors (Lipinski definition) is 3. The van der Waals surface area contributed by atoms with Gasteiger partial charge in [0.25, 0.3) is 0 Å². The number of alkyl halides is 1. The van der Waals surface area contributed by atoms with Gasteiger partial charge in [-0.2, -0.15) is 4.68 Å². The first-order valence-electron chi connectivity index (χ1n) is 3.39. The van der Waals surface area contributed by atoms with E-state index in [1.54, 1.807) is 6.07 Å². The molecule has 5 nitrogen and oxygen atoms in total. The number of nitrogens with one attached hydrogen (secondary N) is 1. The van der Waals surface area contributed by atoms with Gasteiger partial charge in [0, 0.05) is 24.7 Å². The van der Waals surface area contributed by atoms with Crippen LogP contribution in [0, 0.1) is 0 Å². The Bertz CT molecular complexity index is 272. The van der Waals surface area contributed by atoms with Crippen molar-refractivity contribution in [3.63, 3.8) is 0 Å². The highest BCUT2D eigenvalue weighted by Gasteiger charge is 2.03. The van der Waals surface area contributed by atoms with Crippen molar-refractivity contribution < 1.29 is 4.79 Å². The number of nitrogens with zero attached hydrogens (tertiary/aromatic N) is 2. The molecule has 1 heterocycles. The van der Waals surface area contributed by atoms with Gasteiger partial charge in [0.15, 0.2) is 0 Å². The summed E-state index contributed by atoms with van der Waals surface area (Å²) in [5.74, 6) is 0.693. The number of anilines is 1. The number of carbonyl (C=O) groups is 1. The van der Waals surface area contributed by atoms with Gasteiger partial charge in [-0.1, -0.05) is 0 Å². The van der Waals surface area contributed by atoms with Crippen LogP contribution in [0.25, 0.3) is 0 Å². The molecular weight excluding hydrogens is 180 g/mol. The lowest BCUT2D eigenvalue weighted by atomic mass is 10.7. The molecule has 12 heavy (non-hydrogen) atoms. The van der Waals surface area contributed by atoms with Crippen molar-refractivity contribution >= 4 is 23.4 Å². The summed E-state index contributed by atoms with van der Waals surface area (Å²) in [6.07, 6.45) is 1.49. The van der Waals surface area contributed by atoms with E-state index in [0.717, 1.165) is 4.68 Å². The predicted molar refractivity (Wildman–Crippen MR) is 46.2 cm³/mol. The minimum Gasteiger partial charge on any atom is -0.382 e. The van der Waals surface area contributed by atoms with Gasteiger partial charge in [0.1, 0.15) is 5.82 Å². The molecule has 66 valence electrons. The van der Waals surface area contributed by atoms with E-state index in [2.05, 4.69) is 10.4 Å². The van der Waals surface area contributed by atoms with Gasteiger partial charge < -0.3 is 11.1 Å². The van der Waals surface area contributed by atoms with Crippen molar-refractivity contribution in [3.8, 4) is 0 Å². The fourth-order valence-corrected chi connectivity index (χ4v) is 0.781. The van der Waals surface area contributed by atoms with Crippen molar-refractivity contribution in [2.24, 2.45) is 0 Å². The standard InChI is InChI=1S/C6H9ClN4O/c7-2-3-9-6(12)11-4-1-5(8)10-11/h1,4H,2-3H2,(H2,8,10)(H,9,12). The number of nitrogens with two attached hydrogens (primary N) is 1. The maximum absolute atomic E-state index is 11.1. The van der Waals surface area contributed by atoms with Gasteiger partial charge >= 0.3 is 6.03 Å². The minimum atomic E-state index is -0.327. The molecule has 1 amide bonds. The number of aromatic nitrogens is 2. The largest absolute Gasteiger partial charge is 0.382 e. The van der Waals surface area contributed by atoms with E-state index in [4.69, 9.17) is 17.3 Å². The second-order valence-electron chi connectivity index (χ2n) is 2.11. The van der Waals surface area contributed by atoms with Crippen LogP contribution < -0.4 is 11.1 Å². The zero-order chi connectivity index (χ0) is 8.97. The fourth-order valence-electron chi connectivity index (χ4n) is 0.686. The van der Waals surface area contributed by atoms with E-state index in [1.165, 1.54) is 6.20 Å². The number of halogens is 1. The van der Waals surface area contributed by atoms with Crippen LogP contribution >= 0.6 is 11.6 Å². The van der Waals surface area contributed by atoms with E-state index in [9.17, 15) is 4.79 Å². The average molecular weight is 189 g/mol. The lowest BCUT2D eigenvalue weighted by Gasteiger charge is -2.00. The first-order valence-corrected chi connectivity index (χ1v) is 3.93. The Balaban J connectivity index is 2.53. The first kappa shape index (κ1) is 8.86. The third-order valence-electron chi connectivity index (χ3n) is 1.19. The number of nitrogen functional groups attached to an aromatic ring is 1.